The van der Waals surface area contributed by atoms with Crippen LogP contribution in [0.1, 0.15) is 30.8 Å². The number of hydrogen-bond acceptors (Lipinski definition) is 6. The van der Waals surface area contributed by atoms with Crippen molar-refractivity contribution in [3.63, 3.8) is 0 Å². The summed E-state index contributed by atoms with van der Waals surface area (Å²) in [5.74, 6) is 1.37. The zero-order valence-electron chi connectivity index (χ0n) is 14.2. The molecule has 0 radical (unpaired) electrons. The lowest BCUT2D eigenvalue weighted by Crippen LogP contribution is -2.31. The fourth-order valence-corrected chi connectivity index (χ4v) is 2.95. The fourth-order valence-electron chi connectivity index (χ4n) is 2.95. The number of aliphatic hydroxyl groups excluding tert-OH is 1. The van der Waals surface area contributed by atoms with Crippen molar-refractivity contribution < 1.29 is 14.6 Å². The summed E-state index contributed by atoms with van der Waals surface area (Å²) in [6, 6.07) is 6.95. The molecule has 8 nitrogen and oxygen atoms in total. The summed E-state index contributed by atoms with van der Waals surface area (Å²) >= 11 is 0. The molecule has 4 N–H and O–H groups in total. The summed E-state index contributed by atoms with van der Waals surface area (Å²) in [5.41, 5.74) is 7.58. The molecule has 1 aliphatic rings. The van der Waals surface area contributed by atoms with Crippen LogP contribution in [0, 0.1) is 0 Å². The van der Waals surface area contributed by atoms with Gasteiger partial charge in [-0.1, -0.05) is 12.1 Å². The Morgan fingerprint density at radius 2 is 2.12 bits per heavy atom. The van der Waals surface area contributed by atoms with E-state index in [0.29, 0.717) is 35.9 Å². The van der Waals surface area contributed by atoms with E-state index in [9.17, 15) is 4.79 Å². The highest BCUT2D eigenvalue weighted by Crippen LogP contribution is 2.35. The summed E-state index contributed by atoms with van der Waals surface area (Å²) in [7, 11) is 1.60. The SMILES string of the molecule is COc1ccc([C@H]2C(C(N)=O)=C(C)Nc3nc(CCCO)nn32)cc1. The molecule has 2 heterocycles. The van der Waals surface area contributed by atoms with Crippen LogP contribution in [-0.4, -0.2) is 39.5 Å². The molecule has 1 atom stereocenters. The first kappa shape index (κ1) is 17.0. The largest absolute Gasteiger partial charge is 0.497 e. The van der Waals surface area contributed by atoms with Crippen LogP contribution in [0.4, 0.5) is 5.95 Å². The van der Waals surface area contributed by atoms with Gasteiger partial charge in [0.25, 0.3) is 0 Å². The van der Waals surface area contributed by atoms with Gasteiger partial charge >= 0.3 is 0 Å². The maximum absolute atomic E-state index is 12.1. The van der Waals surface area contributed by atoms with E-state index in [1.54, 1.807) is 18.7 Å². The van der Waals surface area contributed by atoms with Crippen LogP contribution >= 0.6 is 0 Å². The number of fused-ring (bicyclic) bond motifs is 1. The van der Waals surface area contributed by atoms with E-state index < -0.39 is 11.9 Å². The molecule has 132 valence electrons. The summed E-state index contributed by atoms with van der Waals surface area (Å²) < 4.78 is 6.86. The van der Waals surface area contributed by atoms with Gasteiger partial charge < -0.3 is 20.9 Å². The van der Waals surface area contributed by atoms with Gasteiger partial charge in [0.1, 0.15) is 11.8 Å². The van der Waals surface area contributed by atoms with Crippen molar-refractivity contribution in [3.8, 4) is 5.75 Å². The molecule has 1 amide bonds. The van der Waals surface area contributed by atoms with Crippen LogP contribution in [0.5, 0.6) is 5.75 Å². The van der Waals surface area contributed by atoms with E-state index in [1.165, 1.54) is 0 Å². The van der Waals surface area contributed by atoms with E-state index in [-0.39, 0.29) is 6.61 Å². The molecule has 1 aromatic heterocycles. The molecule has 0 bridgehead atoms. The topological polar surface area (TPSA) is 115 Å². The number of carbonyl (C=O) groups is 1. The number of carbonyl (C=O) groups excluding carboxylic acids is 1. The Bertz CT molecular complexity index is 810. The average molecular weight is 343 g/mol. The van der Waals surface area contributed by atoms with Crippen molar-refractivity contribution in [1.82, 2.24) is 14.8 Å². The third kappa shape index (κ3) is 3.20. The van der Waals surface area contributed by atoms with Gasteiger partial charge in [-0.15, -0.1) is 0 Å². The molecule has 1 aromatic carbocycles. The standard InChI is InChI=1S/C17H21N5O3/c1-10-14(16(18)24)15(11-5-7-12(25-2)8-6-11)22-17(19-10)20-13(21-22)4-3-9-23/h5-8,15,23H,3-4,9H2,1-2H3,(H2,18,24)(H,19,20,21)/t15-/m0/s1. The Morgan fingerprint density at radius 3 is 2.72 bits per heavy atom. The Labute approximate surface area is 145 Å². The first-order valence-corrected chi connectivity index (χ1v) is 8.03. The number of ether oxygens (including phenoxy) is 1. The number of hydrogen-bond donors (Lipinski definition) is 3. The van der Waals surface area contributed by atoms with E-state index >= 15 is 0 Å². The van der Waals surface area contributed by atoms with Crippen LogP contribution in [0.2, 0.25) is 0 Å². The molecule has 0 fully saturated rings. The summed E-state index contributed by atoms with van der Waals surface area (Å²) in [4.78, 5) is 16.5. The maximum atomic E-state index is 12.1. The Balaban J connectivity index is 2.07. The minimum atomic E-state index is -0.510. The number of amides is 1. The second-order valence-electron chi connectivity index (χ2n) is 5.83. The lowest BCUT2D eigenvalue weighted by Gasteiger charge is -2.27. The van der Waals surface area contributed by atoms with Crippen molar-refractivity contribution in [2.75, 3.05) is 19.0 Å². The quantitative estimate of drug-likeness (QED) is 0.720. The summed E-state index contributed by atoms with van der Waals surface area (Å²) in [6.45, 7) is 1.87. The second-order valence-corrected chi connectivity index (χ2v) is 5.83. The zero-order chi connectivity index (χ0) is 18.0. The predicted octanol–water partition coefficient (Wildman–Crippen LogP) is 0.986. The molecule has 0 spiro atoms. The minimum absolute atomic E-state index is 0.0724. The maximum Gasteiger partial charge on any atom is 0.248 e. The first-order chi connectivity index (χ1) is 12.0. The second kappa shape index (κ2) is 6.94. The highest BCUT2D eigenvalue weighted by molar-refractivity contribution is 5.95. The number of nitrogens with two attached hydrogens (primary N) is 1. The number of nitrogens with one attached hydrogen (secondary N) is 1. The number of rotatable bonds is 6. The number of anilines is 1. The molecule has 0 saturated heterocycles. The van der Waals surface area contributed by atoms with Gasteiger partial charge in [-0.25, -0.2) is 4.68 Å². The molecule has 2 aromatic rings. The highest BCUT2D eigenvalue weighted by Gasteiger charge is 2.33. The zero-order valence-corrected chi connectivity index (χ0v) is 14.2. The van der Waals surface area contributed by atoms with Crippen molar-refractivity contribution >= 4 is 11.9 Å². The Morgan fingerprint density at radius 1 is 1.40 bits per heavy atom. The van der Waals surface area contributed by atoms with Gasteiger partial charge in [0.05, 0.1) is 12.7 Å². The van der Waals surface area contributed by atoms with Crippen molar-refractivity contribution in [2.24, 2.45) is 5.73 Å². The lowest BCUT2D eigenvalue weighted by atomic mass is 9.95. The number of aromatic nitrogens is 3. The average Bonchev–Trinajstić information content (AvgIpc) is 3.00. The fraction of sp³-hybridized carbons (Fsp3) is 0.353. The van der Waals surface area contributed by atoms with Gasteiger partial charge in [0, 0.05) is 18.7 Å². The van der Waals surface area contributed by atoms with Crippen LogP contribution in [0.15, 0.2) is 35.5 Å². The van der Waals surface area contributed by atoms with Gasteiger partial charge in [0.15, 0.2) is 5.82 Å². The molecule has 3 rings (SSSR count). The van der Waals surface area contributed by atoms with Gasteiger partial charge in [-0.3, -0.25) is 4.79 Å². The van der Waals surface area contributed by atoms with Crippen molar-refractivity contribution in [1.29, 1.82) is 0 Å². The monoisotopic (exact) mass is 343 g/mol. The van der Waals surface area contributed by atoms with Gasteiger partial charge in [0.2, 0.25) is 11.9 Å². The molecule has 0 saturated carbocycles. The molecular weight excluding hydrogens is 322 g/mol. The third-order valence-electron chi connectivity index (χ3n) is 4.15. The van der Waals surface area contributed by atoms with Crippen LogP contribution in [0.25, 0.3) is 0 Å². The summed E-state index contributed by atoms with van der Waals surface area (Å²) in [5, 5.41) is 16.6. The smallest absolute Gasteiger partial charge is 0.248 e. The van der Waals surface area contributed by atoms with E-state index in [0.717, 1.165) is 11.3 Å². The minimum Gasteiger partial charge on any atom is -0.497 e. The Hall–Kier alpha value is -2.87. The van der Waals surface area contributed by atoms with Crippen LogP contribution in [-0.2, 0) is 11.2 Å². The normalized spacial score (nSPS) is 16.4. The number of benzene rings is 1. The van der Waals surface area contributed by atoms with E-state index in [2.05, 4.69) is 15.4 Å². The number of allylic oxidation sites excluding steroid dienone is 1. The highest BCUT2D eigenvalue weighted by atomic mass is 16.5. The summed E-state index contributed by atoms with van der Waals surface area (Å²) in [6.07, 6.45) is 1.13. The molecule has 0 aliphatic carbocycles. The van der Waals surface area contributed by atoms with Gasteiger partial charge in [-0.05, 0) is 31.0 Å². The molecule has 1 aliphatic heterocycles. The first-order valence-electron chi connectivity index (χ1n) is 8.03. The molecule has 0 unspecified atom stereocenters. The molecule has 25 heavy (non-hydrogen) atoms. The van der Waals surface area contributed by atoms with E-state index in [1.807, 2.05) is 24.3 Å². The van der Waals surface area contributed by atoms with Crippen molar-refractivity contribution in [3.05, 3.63) is 46.9 Å². The molecule has 8 heteroatoms. The predicted molar refractivity (Wildman–Crippen MR) is 92.1 cm³/mol. The van der Waals surface area contributed by atoms with Crippen LogP contribution in [0.3, 0.4) is 0 Å². The van der Waals surface area contributed by atoms with Crippen molar-refractivity contribution in [2.45, 2.75) is 25.8 Å². The lowest BCUT2D eigenvalue weighted by molar-refractivity contribution is -0.115. The number of aryl methyl sites for hydroxylation is 1. The van der Waals surface area contributed by atoms with E-state index in [4.69, 9.17) is 15.6 Å². The number of nitrogens with zero attached hydrogens (tertiary/aromatic N) is 3. The molecular formula is C17H21N5O3. The Kier molecular flexibility index (Phi) is 4.71. The third-order valence-corrected chi connectivity index (χ3v) is 4.15. The van der Waals surface area contributed by atoms with Gasteiger partial charge in [-0.2, -0.15) is 10.1 Å². The number of methoxy groups -OCH3 is 1. The van der Waals surface area contributed by atoms with Crippen LogP contribution < -0.4 is 15.8 Å². The number of aliphatic hydroxyl groups is 1. The number of primary amides is 1.